The highest BCUT2D eigenvalue weighted by Gasteiger charge is 2.51. The van der Waals surface area contributed by atoms with Crippen LogP contribution in [0.5, 0.6) is 0 Å². The molecule has 0 saturated carbocycles. The SMILES string of the molecule is C[C@@H]1CN(c2ccc(S(C)(=O)=O)cc2)CCN1S(=O)(=O)c1ccc([C@@](C)(O)C(F)(F)F)cc1. The highest BCUT2D eigenvalue weighted by Crippen LogP contribution is 2.38. The van der Waals surface area contributed by atoms with Crippen molar-refractivity contribution >= 4 is 25.5 Å². The molecule has 1 N–H and O–H groups in total. The molecule has 1 aliphatic rings. The summed E-state index contributed by atoms with van der Waals surface area (Å²) in [5, 5.41) is 9.78. The van der Waals surface area contributed by atoms with E-state index in [0.717, 1.165) is 36.2 Å². The second kappa shape index (κ2) is 8.57. The summed E-state index contributed by atoms with van der Waals surface area (Å²) in [5.74, 6) is 0. The average molecular weight is 507 g/mol. The highest BCUT2D eigenvalue weighted by atomic mass is 32.2. The van der Waals surface area contributed by atoms with E-state index < -0.39 is 43.2 Å². The van der Waals surface area contributed by atoms with Gasteiger partial charge in [-0.2, -0.15) is 17.5 Å². The smallest absolute Gasteiger partial charge is 0.376 e. The van der Waals surface area contributed by atoms with Crippen LogP contribution in [0.2, 0.25) is 0 Å². The van der Waals surface area contributed by atoms with Gasteiger partial charge in [-0.3, -0.25) is 0 Å². The molecule has 0 amide bonds. The number of nitrogens with zero attached hydrogens (tertiary/aromatic N) is 2. The molecule has 1 aliphatic heterocycles. The number of aliphatic hydroxyl groups is 1. The van der Waals surface area contributed by atoms with E-state index in [1.54, 1.807) is 19.1 Å². The molecule has 33 heavy (non-hydrogen) atoms. The lowest BCUT2D eigenvalue weighted by Gasteiger charge is -2.40. The second-order valence-electron chi connectivity index (χ2n) is 8.27. The Bertz CT molecular complexity index is 1210. The minimum atomic E-state index is -4.91. The summed E-state index contributed by atoms with van der Waals surface area (Å²) in [7, 11) is -7.30. The molecule has 0 aromatic heterocycles. The number of alkyl halides is 3. The number of hydrogen-bond donors (Lipinski definition) is 1. The van der Waals surface area contributed by atoms with Gasteiger partial charge in [-0.05, 0) is 55.8 Å². The predicted octanol–water partition coefficient (Wildman–Crippen LogP) is 2.76. The Labute approximate surface area is 191 Å². The first-order valence-electron chi connectivity index (χ1n) is 10.0. The van der Waals surface area contributed by atoms with Crippen LogP contribution >= 0.6 is 0 Å². The molecule has 1 saturated heterocycles. The molecule has 2 atom stereocenters. The molecular formula is C21H25F3N2O5S2. The normalized spacial score (nSPS) is 20.5. The molecule has 0 aliphatic carbocycles. The summed E-state index contributed by atoms with van der Waals surface area (Å²) in [4.78, 5) is 1.96. The minimum absolute atomic E-state index is 0.138. The van der Waals surface area contributed by atoms with Gasteiger partial charge in [0.15, 0.2) is 15.4 Å². The number of sulfonamides is 1. The van der Waals surface area contributed by atoms with Crippen molar-refractivity contribution in [3.63, 3.8) is 0 Å². The van der Waals surface area contributed by atoms with Crippen molar-refractivity contribution in [2.75, 3.05) is 30.8 Å². The zero-order chi connectivity index (χ0) is 24.8. The third-order valence-electron chi connectivity index (χ3n) is 5.77. The summed E-state index contributed by atoms with van der Waals surface area (Å²) >= 11 is 0. The van der Waals surface area contributed by atoms with Gasteiger partial charge >= 0.3 is 6.18 Å². The van der Waals surface area contributed by atoms with E-state index in [-0.39, 0.29) is 16.3 Å². The van der Waals surface area contributed by atoms with E-state index >= 15 is 0 Å². The number of rotatable bonds is 5. The lowest BCUT2D eigenvalue weighted by molar-refractivity contribution is -0.258. The molecule has 0 unspecified atom stereocenters. The number of sulfone groups is 1. The van der Waals surface area contributed by atoms with E-state index in [4.69, 9.17) is 0 Å². The summed E-state index contributed by atoms with van der Waals surface area (Å²) in [6.45, 7) is 3.16. The van der Waals surface area contributed by atoms with Crippen LogP contribution in [0.1, 0.15) is 19.4 Å². The van der Waals surface area contributed by atoms with Crippen molar-refractivity contribution in [1.82, 2.24) is 4.31 Å². The van der Waals surface area contributed by atoms with Crippen molar-refractivity contribution in [3.8, 4) is 0 Å². The van der Waals surface area contributed by atoms with Gasteiger partial charge in [0.2, 0.25) is 10.0 Å². The standard InChI is InChI=1S/C21H25F3N2O5S2/c1-15-14-25(17-6-10-18(11-7-17)32(3,28)29)12-13-26(15)33(30,31)19-8-4-16(5-9-19)20(2,27)21(22,23)24/h4-11,15,27H,12-14H2,1-3H3/t15-,20-/m1/s1. The summed E-state index contributed by atoms with van der Waals surface area (Å²) in [6.07, 6.45) is -3.79. The monoisotopic (exact) mass is 506 g/mol. The first-order valence-corrected chi connectivity index (χ1v) is 13.3. The Hall–Kier alpha value is -2.15. The molecule has 0 spiro atoms. The Morgan fingerprint density at radius 3 is 1.88 bits per heavy atom. The molecule has 12 heteroatoms. The maximum absolute atomic E-state index is 13.1. The number of benzene rings is 2. The fourth-order valence-corrected chi connectivity index (χ4v) is 5.93. The number of anilines is 1. The van der Waals surface area contributed by atoms with E-state index in [2.05, 4.69) is 0 Å². The molecule has 7 nitrogen and oxygen atoms in total. The predicted molar refractivity (Wildman–Crippen MR) is 117 cm³/mol. The Kier molecular flexibility index (Phi) is 6.61. The molecular weight excluding hydrogens is 481 g/mol. The fourth-order valence-electron chi connectivity index (χ4n) is 3.69. The number of hydrogen-bond acceptors (Lipinski definition) is 6. The fraction of sp³-hybridized carbons (Fsp3) is 0.429. The van der Waals surface area contributed by atoms with Crippen molar-refractivity contribution < 1.29 is 35.1 Å². The molecule has 1 heterocycles. The first-order chi connectivity index (χ1) is 15.0. The van der Waals surface area contributed by atoms with Crippen LogP contribution in [0.3, 0.4) is 0 Å². The van der Waals surface area contributed by atoms with Gasteiger partial charge in [0.1, 0.15) is 0 Å². The molecule has 182 valence electrons. The van der Waals surface area contributed by atoms with Crippen molar-refractivity contribution in [1.29, 1.82) is 0 Å². The van der Waals surface area contributed by atoms with Crippen LogP contribution in [0, 0.1) is 0 Å². The van der Waals surface area contributed by atoms with Crippen LogP contribution < -0.4 is 4.90 Å². The van der Waals surface area contributed by atoms with Crippen LogP contribution in [0.4, 0.5) is 18.9 Å². The molecule has 0 radical (unpaired) electrons. The van der Waals surface area contributed by atoms with E-state index in [1.165, 1.54) is 16.4 Å². The summed E-state index contributed by atoms with van der Waals surface area (Å²) in [6, 6.07) is 9.93. The van der Waals surface area contributed by atoms with Crippen molar-refractivity contribution in [2.45, 2.75) is 41.5 Å². The molecule has 1 fully saturated rings. The van der Waals surface area contributed by atoms with Gasteiger partial charge in [-0.25, -0.2) is 16.8 Å². The van der Waals surface area contributed by atoms with Gasteiger partial charge in [-0.1, -0.05) is 12.1 Å². The summed E-state index contributed by atoms with van der Waals surface area (Å²) in [5.41, 5.74) is -2.80. The zero-order valence-corrected chi connectivity index (χ0v) is 19.9. The lowest BCUT2D eigenvalue weighted by Crippen LogP contribution is -2.54. The van der Waals surface area contributed by atoms with E-state index in [1.807, 2.05) is 4.90 Å². The molecule has 0 bridgehead atoms. The maximum Gasteiger partial charge on any atom is 0.421 e. The first kappa shape index (κ1) is 25.5. The Morgan fingerprint density at radius 1 is 0.909 bits per heavy atom. The van der Waals surface area contributed by atoms with E-state index in [0.29, 0.717) is 20.0 Å². The number of halogens is 3. The quantitative estimate of drug-likeness (QED) is 0.670. The highest BCUT2D eigenvalue weighted by molar-refractivity contribution is 7.90. The van der Waals surface area contributed by atoms with Gasteiger partial charge in [0.05, 0.1) is 9.79 Å². The number of piperazine rings is 1. The third kappa shape index (κ3) is 5.03. The van der Waals surface area contributed by atoms with Gasteiger partial charge in [0.25, 0.3) is 0 Å². The lowest BCUT2D eigenvalue weighted by atomic mass is 9.96. The maximum atomic E-state index is 13.1. The van der Waals surface area contributed by atoms with Gasteiger partial charge in [0, 0.05) is 37.6 Å². The van der Waals surface area contributed by atoms with Crippen LogP contribution in [-0.2, 0) is 25.5 Å². The van der Waals surface area contributed by atoms with Gasteiger partial charge in [-0.15, -0.1) is 0 Å². The molecule has 2 aromatic rings. The molecule has 3 rings (SSSR count). The topological polar surface area (TPSA) is 95.0 Å². The van der Waals surface area contributed by atoms with E-state index in [9.17, 15) is 35.1 Å². The van der Waals surface area contributed by atoms with Crippen LogP contribution in [0.25, 0.3) is 0 Å². The second-order valence-corrected chi connectivity index (χ2v) is 12.2. The Morgan fingerprint density at radius 2 is 1.42 bits per heavy atom. The van der Waals surface area contributed by atoms with Crippen LogP contribution in [-0.4, -0.2) is 64.4 Å². The van der Waals surface area contributed by atoms with Crippen molar-refractivity contribution in [3.05, 3.63) is 54.1 Å². The molecule has 2 aromatic carbocycles. The van der Waals surface area contributed by atoms with Crippen LogP contribution in [0.15, 0.2) is 58.3 Å². The Balaban J connectivity index is 1.77. The van der Waals surface area contributed by atoms with Gasteiger partial charge < -0.3 is 10.0 Å². The largest absolute Gasteiger partial charge is 0.421 e. The zero-order valence-electron chi connectivity index (χ0n) is 18.2. The minimum Gasteiger partial charge on any atom is -0.376 e. The summed E-state index contributed by atoms with van der Waals surface area (Å²) < 4.78 is 89.9. The average Bonchev–Trinajstić information content (AvgIpc) is 2.72. The third-order valence-corrected chi connectivity index (χ3v) is 8.93. The van der Waals surface area contributed by atoms with Crippen molar-refractivity contribution in [2.24, 2.45) is 0 Å².